The molecule has 0 fully saturated rings. The Morgan fingerprint density at radius 3 is 2.78 bits per heavy atom. The summed E-state index contributed by atoms with van der Waals surface area (Å²) >= 11 is 4.22. The highest BCUT2D eigenvalue weighted by atomic mass is 127. The van der Waals surface area contributed by atoms with Gasteiger partial charge in [0.1, 0.15) is 0 Å². The molecule has 1 aliphatic heterocycles. The molecule has 0 aliphatic carbocycles. The molecule has 2 rings (SSSR count). The minimum atomic E-state index is 0.379. The van der Waals surface area contributed by atoms with Crippen LogP contribution < -0.4 is 5.32 Å². The van der Waals surface area contributed by atoms with E-state index < -0.39 is 0 Å². The van der Waals surface area contributed by atoms with Crippen LogP contribution in [0.5, 0.6) is 0 Å². The van der Waals surface area contributed by atoms with E-state index in [1.165, 1.54) is 9.99 Å². The molecule has 1 heterocycles. The summed E-state index contributed by atoms with van der Waals surface area (Å²) in [6, 6.07) is 8.31. The third kappa shape index (κ3) is 4.16. The van der Waals surface area contributed by atoms with Crippen LogP contribution in [-0.4, -0.2) is 17.0 Å². The third-order valence-electron chi connectivity index (χ3n) is 2.67. The fourth-order valence-electron chi connectivity index (χ4n) is 1.95. The van der Waals surface area contributed by atoms with Gasteiger partial charge in [0.05, 0.1) is 12.2 Å². The van der Waals surface area contributed by atoms with Crippen molar-refractivity contribution in [2.45, 2.75) is 32.4 Å². The molecule has 1 N–H and O–H groups in total. The van der Waals surface area contributed by atoms with E-state index in [9.17, 15) is 0 Å². The predicted octanol–water partition coefficient (Wildman–Crippen LogP) is 4.61. The minimum absolute atomic E-state index is 0.379. The van der Waals surface area contributed by atoms with E-state index in [0.717, 1.165) is 17.4 Å². The predicted molar refractivity (Wildman–Crippen MR) is 90.5 cm³/mol. The van der Waals surface area contributed by atoms with Gasteiger partial charge in [-0.15, -0.1) is 0 Å². The lowest BCUT2D eigenvalue weighted by Gasteiger charge is -2.21. The second-order valence-corrected chi connectivity index (χ2v) is 8.21. The molecule has 18 heavy (non-hydrogen) atoms. The molecule has 1 aromatic rings. The van der Waals surface area contributed by atoms with Crippen LogP contribution in [-0.2, 0) is 0 Å². The number of aliphatic imine (C=N–C) groups is 1. The molecule has 2 nitrogen and oxygen atoms in total. The van der Waals surface area contributed by atoms with Crippen molar-refractivity contribution in [3.8, 4) is 0 Å². The van der Waals surface area contributed by atoms with Crippen LogP contribution in [0.3, 0.4) is 0 Å². The van der Waals surface area contributed by atoms with E-state index in [2.05, 4.69) is 77.9 Å². The van der Waals surface area contributed by atoms with Crippen molar-refractivity contribution in [1.29, 1.82) is 0 Å². The fourth-order valence-corrected chi connectivity index (χ4v) is 3.84. The van der Waals surface area contributed by atoms with Gasteiger partial charge in [0.2, 0.25) is 0 Å². The van der Waals surface area contributed by atoms with Gasteiger partial charge < -0.3 is 5.32 Å². The monoisotopic (exact) mass is 374 g/mol. The number of amidine groups is 1. The first kappa shape index (κ1) is 14.2. The standard InChI is InChI=1S/C14H19IN2S/c1-14(2,3)8-10-9-16-13(18-10)17-12-7-5-4-6-11(12)15/h4-7,10H,8-9H2,1-3H3,(H,16,17). The van der Waals surface area contributed by atoms with Crippen LogP contribution in [0.2, 0.25) is 0 Å². The normalized spacial score (nSPS) is 19.8. The maximum absolute atomic E-state index is 4.60. The zero-order valence-electron chi connectivity index (χ0n) is 11.0. The van der Waals surface area contributed by atoms with Crippen LogP contribution in [0.15, 0.2) is 29.3 Å². The first-order valence-electron chi connectivity index (χ1n) is 6.17. The van der Waals surface area contributed by atoms with E-state index in [1.54, 1.807) is 0 Å². The summed E-state index contributed by atoms with van der Waals surface area (Å²) in [5.74, 6) is 0. The summed E-state index contributed by atoms with van der Waals surface area (Å²) in [5, 5.41) is 5.11. The van der Waals surface area contributed by atoms with Crippen molar-refractivity contribution in [3.63, 3.8) is 0 Å². The summed E-state index contributed by atoms with van der Waals surface area (Å²) in [4.78, 5) is 4.60. The van der Waals surface area contributed by atoms with Gasteiger partial charge in [-0.25, -0.2) is 0 Å². The topological polar surface area (TPSA) is 24.4 Å². The summed E-state index contributed by atoms with van der Waals surface area (Å²) < 4.78 is 1.23. The number of hydrogen-bond acceptors (Lipinski definition) is 3. The molecular weight excluding hydrogens is 355 g/mol. The van der Waals surface area contributed by atoms with Gasteiger partial charge in [0.25, 0.3) is 0 Å². The Bertz CT molecular complexity index is 451. The highest BCUT2D eigenvalue weighted by Gasteiger charge is 2.25. The Labute approximate surface area is 127 Å². The van der Waals surface area contributed by atoms with Crippen LogP contribution in [0.4, 0.5) is 5.69 Å². The number of anilines is 1. The summed E-state index contributed by atoms with van der Waals surface area (Å²) in [6.07, 6.45) is 1.21. The molecule has 0 saturated heterocycles. The Balaban J connectivity index is 1.92. The zero-order valence-corrected chi connectivity index (χ0v) is 14.0. The number of thioether (sulfide) groups is 1. The molecule has 0 amide bonds. The highest BCUT2D eigenvalue weighted by molar-refractivity contribution is 14.1. The SMILES string of the molecule is CC(C)(C)CC1CN=C(Nc2ccccc2I)S1. The van der Waals surface area contributed by atoms with E-state index in [0.29, 0.717) is 10.7 Å². The zero-order chi connectivity index (χ0) is 13.2. The summed E-state index contributed by atoms with van der Waals surface area (Å²) in [5.41, 5.74) is 1.53. The van der Waals surface area contributed by atoms with Gasteiger partial charge in [0.15, 0.2) is 5.17 Å². The van der Waals surface area contributed by atoms with Gasteiger partial charge in [0, 0.05) is 8.82 Å². The summed E-state index contributed by atoms with van der Waals surface area (Å²) in [7, 11) is 0. The lowest BCUT2D eigenvalue weighted by Crippen LogP contribution is -2.16. The van der Waals surface area contributed by atoms with Crippen molar-refractivity contribution < 1.29 is 0 Å². The largest absolute Gasteiger partial charge is 0.334 e. The number of para-hydroxylation sites is 1. The highest BCUT2D eigenvalue weighted by Crippen LogP contribution is 2.32. The second-order valence-electron chi connectivity index (χ2n) is 5.76. The molecule has 4 heteroatoms. The van der Waals surface area contributed by atoms with E-state index in [4.69, 9.17) is 0 Å². The number of hydrogen-bond donors (Lipinski definition) is 1. The number of nitrogens with zero attached hydrogens (tertiary/aromatic N) is 1. The maximum Gasteiger partial charge on any atom is 0.161 e. The van der Waals surface area contributed by atoms with Gasteiger partial charge in [-0.3, -0.25) is 4.99 Å². The van der Waals surface area contributed by atoms with Crippen molar-refractivity contribution in [3.05, 3.63) is 27.8 Å². The molecule has 0 spiro atoms. The van der Waals surface area contributed by atoms with Gasteiger partial charge in [-0.2, -0.15) is 0 Å². The Hall–Kier alpha value is -0.230. The quantitative estimate of drug-likeness (QED) is 0.765. The first-order chi connectivity index (χ1) is 8.44. The lowest BCUT2D eigenvalue weighted by molar-refractivity contribution is 0.375. The molecule has 0 aromatic heterocycles. The van der Waals surface area contributed by atoms with Gasteiger partial charge in [-0.1, -0.05) is 44.7 Å². The Morgan fingerprint density at radius 1 is 1.39 bits per heavy atom. The molecule has 1 unspecified atom stereocenters. The lowest BCUT2D eigenvalue weighted by atomic mass is 9.90. The average molecular weight is 374 g/mol. The van der Waals surface area contributed by atoms with Crippen LogP contribution in [0.25, 0.3) is 0 Å². The van der Waals surface area contributed by atoms with E-state index >= 15 is 0 Å². The minimum Gasteiger partial charge on any atom is -0.334 e. The van der Waals surface area contributed by atoms with Crippen molar-refractivity contribution in [2.24, 2.45) is 10.4 Å². The summed E-state index contributed by atoms with van der Waals surface area (Å²) in [6.45, 7) is 7.81. The number of halogens is 1. The Morgan fingerprint density at radius 2 is 2.11 bits per heavy atom. The number of nitrogens with one attached hydrogen (secondary N) is 1. The molecule has 1 atom stereocenters. The van der Waals surface area contributed by atoms with Crippen LogP contribution >= 0.6 is 34.4 Å². The maximum atomic E-state index is 4.60. The Kier molecular flexibility index (Phi) is 4.59. The molecule has 98 valence electrons. The van der Waals surface area contributed by atoms with Gasteiger partial charge >= 0.3 is 0 Å². The molecule has 1 aromatic carbocycles. The van der Waals surface area contributed by atoms with Crippen molar-refractivity contribution in [2.75, 3.05) is 11.9 Å². The van der Waals surface area contributed by atoms with Crippen LogP contribution in [0.1, 0.15) is 27.2 Å². The number of rotatable bonds is 2. The van der Waals surface area contributed by atoms with E-state index in [-0.39, 0.29) is 0 Å². The molecule has 0 bridgehead atoms. The molecule has 1 aliphatic rings. The number of benzene rings is 1. The third-order valence-corrected chi connectivity index (χ3v) is 4.72. The van der Waals surface area contributed by atoms with Crippen LogP contribution in [0, 0.1) is 8.99 Å². The van der Waals surface area contributed by atoms with E-state index in [1.807, 2.05) is 11.8 Å². The average Bonchev–Trinajstić information content (AvgIpc) is 2.66. The smallest absolute Gasteiger partial charge is 0.161 e. The molecule has 0 radical (unpaired) electrons. The van der Waals surface area contributed by atoms with Crippen molar-refractivity contribution in [1.82, 2.24) is 0 Å². The van der Waals surface area contributed by atoms with Crippen molar-refractivity contribution >= 4 is 45.2 Å². The first-order valence-corrected chi connectivity index (χ1v) is 8.12. The fraction of sp³-hybridized carbons (Fsp3) is 0.500. The molecular formula is C14H19IN2S. The van der Waals surface area contributed by atoms with Gasteiger partial charge in [-0.05, 0) is 46.6 Å². The second kappa shape index (κ2) is 5.82. The molecule has 0 saturated carbocycles.